The zero-order chi connectivity index (χ0) is 10.6. The van der Waals surface area contributed by atoms with Crippen LogP contribution in [0, 0.1) is 0 Å². The predicted molar refractivity (Wildman–Crippen MR) is 54.4 cm³/mol. The van der Waals surface area contributed by atoms with Gasteiger partial charge >= 0.3 is 0 Å². The lowest BCUT2D eigenvalue weighted by Crippen LogP contribution is -2.27. The Kier molecular flexibility index (Phi) is 4.03. The van der Waals surface area contributed by atoms with Crippen molar-refractivity contribution in [2.45, 2.75) is 18.8 Å². The van der Waals surface area contributed by atoms with Gasteiger partial charge in [0.2, 0.25) is 0 Å². The molecule has 0 aliphatic heterocycles. The highest BCUT2D eigenvalue weighted by Gasteiger charge is 2.16. The van der Waals surface area contributed by atoms with Crippen LogP contribution in [0.2, 0.25) is 0 Å². The average Bonchev–Trinajstić information content (AvgIpc) is 2.27. The number of hydrogen-bond donors (Lipinski definition) is 4. The number of benzene rings is 1. The van der Waals surface area contributed by atoms with Crippen LogP contribution in [0.4, 0.5) is 0 Å². The second-order valence-corrected chi connectivity index (χ2v) is 3.20. The fourth-order valence-electron chi connectivity index (χ4n) is 1.26. The third kappa shape index (κ3) is 2.52. The summed E-state index contributed by atoms with van der Waals surface area (Å²) in [5, 5.41) is 19.0. The van der Waals surface area contributed by atoms with E-state index in [1.54, 1.807) is 18.2 Å². The molecule has 0 fully saturated rings. The zero-order valence-electron chi connectivity index (χ0n) is 7.93. The Hall–Kier alpha value is -0.940. The molecular formula is C10H16N2O2. The lowest BCUT2D eigenvalue weighted by molar-refractivity contribution is 0.0243. The van der Waals surface area contributed by atoms with E-state index in [1.165, 1.54) is 0 Å². The highest BCUT2D eigenvalue weighted by atomic mass is 16.3. The van der Waals surface area contributed by atoms with Crippen molar-refractivity contribution in [1.29, 1.82) is 0 Å². The van der Waals surface area contributed by atoms with Gasteiger partial charge in [-0.05, 0) is 11.1 Å². The standard InChI is InChI=1S/C10H16N2O2/c11-5-7-2-1-3-8(4-7)10(14)9(13)6-12/h1-4,9-10,13-14H,5-6,11-12H2. The molecule has 78 valence electrons. The summed E-state index contributed by atoms with van der Waals surface area (Å²) in [5.74, 6) is 0. The third-order valence-corrected chi connectivity index (χ3v) is 2.13. The average molecular weight is 196 g/mol. The summed E-state index contributed by atoms with van der Waals surface area (Å²) in [7, 11) is 0. The summed E-state index contributed by atoms with van der Waals surface area (Å²) < 4.78 is 0. The molecule has 14 heavy (non-hydrogen) atoms. The van der Waals surface area contributed by atoms with E-state index in [0.29, 0.717) is 12.1 Å². The van der Waals surface area contributed by atoms with Gasteiger partial charge in [-0.25, -0.2) is 0 Å². The Morgan fingerprint density at radius 3 is 2.50 bits per heavy atom. The Morgan fingerprint density at radius 2 is 1.93 bits per heavy atom. The minimum Gasteiger partial charge on any atom is -0.389 e. The lowest BCUT2D eigenvalue weighted by atomic mass is 10.0. The summed E-state index contributed by atoms with van der Waals surface area (Å²) in [6, 6.07) is 7.17. The second kappa shape index (κ2) is 5.07. The van der Waals surface area contributed by atoms with Gasteiger partial charge in [-0.1, -0.05) is 24.3 Å². The Balaban J connectivity index is 2.83. The topological polar surface area (TPSA) is 92.5 Å². The maximum absolute atomic E-state index is 9.64. The molecule has 0 saturated heterocycles. The monoisotopic (exact) mass is 196 g/mol. The SMILES string of the molecule is NCc1cccc(C(O)C(O)CN)c1. The number of nitrogens with two attached hydrogens (primary N) is 2. The first kappa shape index (κ1) is 11.1. The van der Waals surface area contributed by atoms with Crippen molar-refractivity contribution in [2.24, 2.45) is 11.5 Å². The smallest absolute Gasteiger partial charge is 0.106 e. The van der Waals surface area contributed by atoms with E-state index in [1.807, 2.05) is 6.07 Å². The molecule has 6 N–H and O–H groups in total. The third-order valence-electron chi connectivity index (χ3n) is 2.13. The molecule has 0 radical (unpaired) electrons. The van der Waals surface area contributed by atoms with Crippen LogP contribution in [0.25, 0.3) is 0 Å². The Morgan fingerprint density at radius 1 is 1.21 bits per heavy atom. The van der Waals surface area contributed by atoms with Gasteiger partial charge < -0.3 is 21.7 Å². The zero-order valence-corrected chi connectivity index (χ0v) is 7.93. The lowest BCUT2D eigenvalue weighted by Gasteiger charge is -2.16. The van der Waals surface area contributed by atoms with Gasteiger partial charge in [-0.2, -0.15) is 0 Å². The maximum Gasteiger partial charge on any atom is 0.106 e. The van der Waals surface area contributed by atoms with Crippen LogP contribution in [-0.4, -0.2) is 22.9 Å². The predicted octanol–water partition coefficient (Wildman–Crippen LogP) is -0.502. The van der Waals surface area contributed by atoms with E-state index >= 15 is 0 Å². The molecule has 1 aromatic rings. The second-order valence-electron chi connectivity index (χ2n) is 3.20. The normalized spacial score (nSPS) is 15.1. The summed E-state index contributed by atoms with van der Waals surface area (Å²) in [6.45, 7) is 0.452. The highest BCUT2D eigenvalue weighted by molar-refractivity contribution is 5.25. The van der Waals surface area contributed by atoms with Crippen LogP contribution < -0.4 is 11.5 Å². The minimum absolute atomic E-state index is 0.0357. The molecule has 4 nitrogen and oxygen atoms in total. The van der Waals surface area contributed by atoms with Crippen molar-refractivity contribution in [2.75, 3.05) is 6.54 Å². The van der Waals surface area contributed by atoms with E-state index in [2.05, 4.69) is 0 Å². The van der Waals surface area contributed by atoms with Crippen LogP contribution >= 0.6 is 0 Å². The van der Waals surface area contributed by atoms with Gasteiger partial charge in [0.15, 0.2) is 0 Å². The molecule has 0 amide bonds. The molecule has 1 aromatic carbocycles. The van der Waals surface area contributed by atoms with Gasteiger partial charge in [0, 0.05) is 13.1 Å². The first-order valence-corrected chi connectivity index (χ1v) is 4.54. The van der Waals surface area contributed by atoms with Crippen LogP contribution in [-0.2, 0) is 6.54 Å². The summed E-state index contributed by atoms with van der Waals surface area (Å²) >= 11 is 0. The molecule has 0 aliphatic carbocycles. The van der Waals surface area contributed by atoms with Crippen molar-refractivity contribution >= 4 is 0 Å². The fraction of sp³-hybridized carbons (Fsp3) is 0.400. The van der Waals surface area contributed by atoms with E-state index in [0.717, 1.165) is 5.56 Å². The highest BCUT2D eigenvalue weighted by Crippen LogP contribution is 2.17. The van der Waals surface area contributed by atoms with Gasteiger partial charge in [0.25, 0.3) is 0 Å². The van der Waals surface area contributed by atoms with Crippen molar-refractivity contribution < 1.29 is 10.2 Å². The van der Waals surface area contributed by atoms with E-state index in [4.69, 9.17) is 11.5 Å². The first-order chi connectivity index (χ1) is 6.69. The summed E-state index contributed by atoms with van der Waals surface area (Å²) in [5.41, 5.74) is 12.3. The van der Waals surface area contributed by atoms with Crippen molar-refractivity contribution in [3.05, 3.63) is 35.4 Å². The molecule has 0 aromatic heterocycles. The molecule has 0 saturated carbocycles. The summed E-state index contributed by atoms with van der Waals surface area (Å²) in [6.07, 6.45) is -1.87. The van der Waals surface area contributed by atoms with E-state index in [-0.39, 0.29) is 6.54 Å². The van der Waals surface area contributed by atoms with Crippen molar-refractivity contribution in [3.8, 4) is 0 Å². The van der Waals surface area contributed by atoms with E-state index < -0.39 is 12.2 Å². The van der Waals surface area contributed by atoms with Gasteiger partial charge in [-0.15, -0.1) is 0 Å². The van der Waals surface area contributed by atoms with Crippen LogP contribution in [0.1, 0.15) is 17.2 Å². The molecule has 0 spiro atoms. The van der Waals surface area contributed by atoms with Gasteiger partial charge in [-0.3, -0.25) is 0 Å². The molecular weight excluding hydrogens is 180 g/mol. The molecule has 1 rings (SSSR count). The minimum atomic E-state index is -0.938. The molecule has 0 bridgehead atoms. The van der Waals surface area contributed by atoms with Crippen molar-refractivity contribution in [1.82, 2.24) is 0 Å². The molecule has 0 aliphatic rings. The fourth-order valence-corrected chi connectivity index (χ4v) is 1.26. The molecule has 2 atom stereocenters. The van der Waals surface area contributed by atoms with Crippen molar-refractivity contribution in [3.63, 3.8) is 0 Å². The molecule has 4 heteroatoms. The number of aliphatic hydroxyl groups is 2. The van der Waals surface area contributed by atoms with Crippen LogP contribution in [0.3, 0.4) is 0 Å². The van der Waals surface area contributed by atoms with Gasteiger partial charge in [0.05, 0.1) is 6.10 Å². The number of aliphatic hydroxyl groups excluding tert-OH is 2. The number of hydrogen-bond acceptors (Lipinski definition) is 4. The number of rotatable bonds is 4. The van der Waals surface area contributed by atoms with Crippen LogP contribution in [0.5, 0.6) is 0 Å². The largest absolute Gasteiger partial charge is 0.389 e. The van der Waals surface area contributed by atoms with E-state index in [9.17, 15) is 10.2 Å². The molecule has 0 heterocycles. The molecule has 2 unspecified atom stereocenters. The van der Waals surface area contributed by atoms with Crippen LogP contribution in [0.15, 0.2) is 24.3 Å². The Labute approximate surface area is 83.2 Å². The van der Waals surface area contributed by atoms with Gasteiger partial charge in [0.1, 0.15) is 6.10 Å². The Bertz CT molecular complexity index is 291. The quantitative estimate of drug-likeness (QED) is 0.522. The first-order valence-electron chi connectivity index (χ1n) is 4.54. The maximum atomic E-state index is 9.64. The summed E-state index contributed by atoms with van der Waals surface area (Å²) in [4.78, 5) is 0.